The highest BCUT2D eigenvalue weighted by molar-refractivity contribution is 6.42. The Morgan fingerprint density at radius 1 is 1.04 bits per heavy atom. The molecule has 8 heteroatoms. The molecule has 0 radical (unpaired) electrons. The third-order valence-corrected chi connectivity index (χ3v) is 4.51. The number of nitrogens with one attached hydrogen (secondary N) is 1. The van der Waals surface area contributed by atoms with Crippen LogP contribution in [0.2, 0.25) is 20.1 Å². The summed E-state index contributed by atoms with van der Waals surface area (Å²) in [6, 6.07) is 9.84. The van der Waals surface area contributed by atoms with Crippen molar-refractivity contribution in [2.24, 2.45) is 5.10 Å². The van der Waals surface area contributed by atoms with Crippen LogP contribution in [0.25, 0.3) is 0 Å². The van der Waals surface area contributed by atoms with Crippen LogP contribution < -0.4 is 10.2 Å². The van der Waals surface area contributed by atoms with Crippen molar-refractivity contribution in [2.75, 3.05) is 0 Å². The monoisotopic (exact) mass is 418 g/mol. The quantitative estimate of drug-likeness (QED) is 0.505. The fourth-order valence-electron chi connectivity index (χ4n) is 1.83. The highest BCUT2D eigenvalue weighted by atomic mass is 35.5. The molecule has 0 heterocycles. The van der Waals surface area contributed by atoms with Gasteiger partial charge in [0, 0.05) is 5.02 Å². The van der Waals surface area contributed by atoms with Gasteiger partial charge in [-0.15, -0.1) is 0 Å². The molecular formula is C17H14Cl4N2O2. The van der Waals surface area contributed by atoms with Crippen LogP contribution in [-0.2, 0) is 4.79 Å². The molecule has 1 N–H and O–H groups in total. The summed E-state index contributed by atoms with van der Waals surface area (Å²) < 4.78 is 5.52. The first kappa shape index (κ1) is 19.9. The molecule has 0 saturated carbocycles. The lowest BCUT2D eigenvalue weighted by atomic mass is 10.1. The molecule has 2 aromatic rings. The largest absolute Gasteiger partial charge is 0.479 e. The number of halogens is 4. The van der Waals surface area contributed by atoms with Gasteiger partial charge in [-0.2, -0.15) is 5.10 Å². The summed E-state index contributed by atoms with van der Waals surface area (Å²) >= 11 is 23.7. The Bertz CT molecular complexity index is 824. The van der Waals surface area contributed by atoms with E-state index >= 15 is 0 Å². The predicted molar refractivity (Wildman–Crippen MR) is 103 cm³/mol. The van der Waals surface area contributed by atoms with E-state index in [9.17, 15) is 4.79 Å². The van der Waals surface area contributed by atoms with Crippen LogP contribution in [0, 0.1) is 0 Å². The van der Waals surface area contributed by atoms with Gasteiger partial charge in [-0.3, -0.25) is 4.79 Å². The zero-order chi connectivity index (χ0) is 18.6. The van der Waals surface area contributed by atoms with E-state index < -0.39 is 12.0 Å². The lowest BCUT2D eigenvalue weighted by molar-refractivity contribution is -0.127. The molecule has 2 rings (SSSR count). The number of amides is 1. The number of nitrogens with zero attached hydrogens (tertiary/aromatic N) is 1. The standard InChI is InChI=1S/C17H14Cl4N2O2/c1-9(11-3-5-13(19)14(20)7-11)22-23-17(24)10(2)25-16-6-4-12(18)8-15(16)21/h3-8,10H,1-2H3,(H,23,24)/b22-9+. The van der Waals surface area contributed by atoms with Gasteiger partial charge in [0.05, 0.1) is 20.8 Å². The Kier molecular flexibility index (Phi) is 6.96. The first-order chi connectivity index (χ1) is 11.8. The topological polar surface area (TPSA) is 50.7 Å². The maximum atomic E-state index is 12.1. The maximum absolute atomic E-state index is 12.1. The number of ether oxygens (including phenoxy) is 1. The molecule has 0 bridgehead atoms. The van der Waals surface area contributed by atoms with Crippen molar-refractivity contribution in [3.63, 3.8) is 0 Å². The molecule has 4 nitrogen and oxygen atoms in total. The van der Waals surface area contributed by atoms with E-state index in [-0.39, 0.29) is 0 Å². The van der Waals surface area contributed by atoms with Gasteiger partial charge in [-0.1, -0.05) is 52.5 Å². The smallest absolute Gasteiger partial charge is 0.280 e. The van der Waals surface area contributed by atoms with Crippen LogP contribution in [0.4, 0.5) is 0 Å². The third kappa shape index (κ3) is 5.51. The zero-order valence-corrected chi connectivity index (χ0v) is 16.3. The van der Waals surface area contributed by atoms with Gasteiger partial charge in [0.25, 0.3) is 5.91 Å². The van der Waals surface area contributed by atoms with E-state index in [1.165, 1.54) is 6.07 Å². The van der Waals surface area contributed by atoms with Gasteiger partial charge < -0.3 is 4.74 Å². The molecule has 0 spiro atoms. The molecule has 2 aromatic carbocycles. The van der Waals surface area contributed by atoms with Crippen LogP contribution in [0.3, 0.4) is 0 Å². The highest BCUT2D eigenvalue weighted by Gasteiger charge is 2.16. The Labute approximate surface area is 165 Å². The van der Waals surface area contributed by atoms with Gasteiger partial charge in [-0.05, 0) is 49.7 Å². The molecule has 0 aliphatic carbocycles. The fourth-order valence-corrected chi connectivity index (χ4v) is 2.58. The van der Waals surface area contributed by atoms with Crippen molar-refractivity contribution >= 4 is 58.0 Å². The molecular weight excluding hydrogens is 406 g/mol. The average molecular weight is 420 g/mol. The number of hydrazone groups is 1. The van der Waals surface area contributed by atoms with Crippen LogP contribution in [0.1, 0.15) is 19.4 Å². The van der Waals surface area contributed by atoms with E-state index in [2.05, 4.69) is 10.5 Å². The van der Waals surface area contributed by atoms with Gasteiger partial charge in [0.1, 0.15) is 5.75 Å². The first-order valence-electron chi connectivity index (χ1n) is 7.19. The van der Waals surface area contributed by atoms with Crippen molar-refractivity contribution in [1.29, 1.82) is 0 Å². The average Bonchev–Trinajstić information content (AvgIpc) is 2.57. The zero-order valence-electron chi connectivity index (χ0n) is 13.3. The molecule has 0 fully saturated rings. The number of carbonyl (C=O) groups excluding carboxylic acids is 1. The minimum absolute atomic E-state index is 0.322. The fraction of sp³-hybridized carbons (Fsp3) is 0.176. The van der Waals surface area contributed by atoms with E-state index in [1.54, 1.807) is 44.2 Å². The van der Waals surface area contributed by atoms with E-state index in [1.807, 2.05) is 0 Å². The van der Waals surface area contributed by atoms with Crippen molar-refractivity contribution in [3.05, 3.63) is 62.1 Å². The molecule has 1 atom stereocenters. The summed E-state index contributed by atoms with van der Waals surface area (Å²) in [4.78, 5) is 12.1. The van der Waals surface area contributed by atoms with Crippen LogP contribution >= 0.6 is 46.4 Å². The predicted octanol–water partition coefficient (Wildman–Crippen LogP) is 5.61. The SMILES string of the molecule is C/C(=N\NC(=O)C(C)Oc1ccc(Cl)cc1Cl)c1ccc(Cl)c(Cl)c1. The van der Waals surface area contributed by atoms with Crippen LogP contribution in [0.15, 0.2) is 41.5 Å². The van der Waals surface area contributed by atoms with E-state index in [0.717, 1.165) is 5.56 Å². The second-order valence-corrected chi connectivity index (χ2v) is 6.80. The lowest BCUT2D eigenvalue weighted by Gasteiger charge is -2.14. The summed E-state index contributed by atoms with van der Waals surface area (Å²) in [5.74, 6) is -0.0654. The summed E-state index contributed by atoms with van der Waals surface area (Å²) in [6.07, 6.45) is -0.802. The molecule has 132 valence electrons. The number of carbonyl (C=O) groups is 1. The molecule has 1 unspecified atom stereocenters. The third-order valence-electron chi connectivity index (χ3n) is 3.24. The highest BCUT2D eigenvalue weighted by Crippen LogP contribution is 2.28. The van der Waals surface area contributed by atoms with Crippen molar-refractivity contribution in [1.82, 2.24) is 5.43 Å². The molecule has 0 aliphatic heterocycles. The summed E-state index contributed by atoms with van der Waals surface area (Å²) in [5.41, 5.74) is 3.76. The van der Waals surface area contributed by atoms with Crippen molar-refractivity contribution in [2.45, 2.75) is 20.0 Å². The number of rotatable bonds is 5. The summed E-state index contributed by atoms with van der Waals surface area (Å²) in [6.45, 7) is 3.33. The van der Waals surface area contributed by atoms with Gasteiger partial charge in [0.2, 0.25) is 0 Å². The van der Waals surface area contributed by atoms with Gasteiger partial charge in [0.15, 0.2) is 6.10 Å². The second kappa shape index (κ2) is 8.77. The molecule has 0 saturated heterocycles. The van der Waals surface area contributed by atoms with E-state index in [0.29, 0.717) is 31.6 Å². The van der Waals surface area contributed by atoms with Crippen molar-refractivity contribution in [3.8, 4) is 5.75 Å². The Balaban J connectivity index is 2.01. The minimum atomic E-state index is -0.802. The maximum Gasteiger partial charge on any atom is 0.280 e. The number of hydrogen-bond acceptors (Lipinski definition) is 3. The normalized spacial score (nSPS) is 12.6. The second-order valence-electron chi connectivity index (χ2n) is 5.14. The Hall–Kier alpha value is -1.46. The lowest BCUT2D eigenvalue weighted by Crippen LogP contribution is -2.34. The Morgan fingerprint density at radius 2 is 1.76 bits per heavy atom. The molecule has 1 amide bonds. The van der Waals surface area contributed by atoms with Crippen LogP contribution in [0.5, 0.6) is 5.75 Å². The Morgan fingerprint density at radius 3 is 2.40 bits per heavy atom. The molecule has 0 aliphatic rings. The number of hydrogen-bond donors (Lipinski definition) is 1. The first-order valence-corrected chi connectivity index (χ1v) is 8.70. The van der Waals surface area contributed by atoms with Crippen molar-refractivity contribution < 1.29 is 9.53 Å². The van der Waals surface area contributed by atoms with E-state index in [4.69, 9.17) is 51.1 Å². The summed E-state index contributed by atoms with van der Waals surface area (Å²) in [7, 11) is 0. The van der Waals surface area contributed by atoms with Crippen LogP contribution in [-0.4, -0.2) is 17.7 Å². The molecule has 0 aromatic heterocycles. The van der Waals surface area contributed by atoms with Gasteiger partial charge >= 0.3 is 0 Å². The van der Waals surface area contributed by atoms with Gasteiger partial charge in [-0.25, -0.2) is 5.43 Å². The molecule has 25 heavy (non-hydrogen) atoms. The summed E-state index contributed by atoms with van der Waals surface area (Å²) in [5, 5.41) is 5.71. The minimum Gasteiger partial charge on any atom is -0.479 e. The number of benzene rings is 2.